The Morgan fingerprint density at radius 3 is 2.78 bits per heavy atom. The summed E-state index contributed by atoms with van der Waals surface area (Å²) < 4.78 is 14.5. The summed E-state index contributed by atoms with van der Waals surface area (Å²) in [5.41, 5.74) is 2.82. The number of imidazole rings is 1. The molecule has 0 bridgehead atoms. The molecule has 1 saturated heterocycles. The monoisotopic (exact) mass is 432 g/mol. The van der Waals surface area contributed by atoms with Gasteiger partial charge in [-0.05, 0) is 56.9 Å². The minimum atomic E-state index is -0.496. The van der Waals surface area contributed by atoms with Crippen molar-refractivity contribution in [3.8, 4) is 11.5 Å². The normalized spacial score (nSPS) is 21.0. The van der Waals surface area contributed by atoms with Crippen LogP contribution < -0.4 is 14.8 Å². The van der Waals surface area contributed by atoms with Gasteiger partial charge in [-0.2, -0.15) is 0 Å². The Hall–Kier alpha value is -3.22. The molecule has 2 aromatic carbocycles. The van der Waals surface area contributed by atoms with Crippen LogP contribution in [0.25, 0.3) is 11.0 Å². The highest BCUT2D eigenvalue weighted by Gasteiger charge is 2.44. The number of carbonyl (C=O) groups is 1. The van der Waals surface area contributed by atoms with Crippen LogP contribution in [-0.2, 0) is 6.54 Å². The van der Waals surface area contributed by atoms with Gasteiger partial charge in [-0.25, -0.2) is 9.78 Å². The van der Waals surface area contributed by atoms with Crippen LogP contribution in [0.4, 0.5) is 10.5 Å². The van der Waals surface area contributed by atoms with E-state index in [-0.39, 0.29) is 12.1 Å². The molecule has 1 N–H and O–H groups in total. The molecule has 2 aliphatic heterocycles. The van der Waals surface area contributed by atoms with Crippen molar-refractivity contribution in [2.45, 2.75) is 63.8 Å². The van der Waals surface area contributed by atoms with E-state index in [0.29, 0.717) is 0 Å². The second-order valence-corrected chi connectivity index (χ2v) is 8.97. The van der Waals surface area contributed by atoms with Crippen LogP contribution in [0.2, 0.25) is 0 Å². The van der Waals surface area contributed by atoms with Gasteiger partial charge in [0.05, 0.1) is 17.1 Å². The molecule has 1 aromatic heterocycles. The fourth-order valence-corrected chi connectivity index (χ4v) is 5.44. The number of carbonyl (C=O) groups excluding carboxylic acids is 1. The van der Waals surface area contributed by atoms with E-state index in [9.17, 15) is 4.79 Å². The SMILES string of the molecule is CCn1c(C2CCCN2C(=O)Nc2ccc3c(c2)OC2(CCCC2)O3)nc2ccccc21. The number of hydrogen-bond acceptors (Lipinski definition) is 4. The molecule has 3 aromatic rings. The zero-order valence-electron chi connectivity index (χ0n) is 18.3. The molecule has 6 rings (SSSR count). The summed E-state index contributed by atoms with van der Waals surface area (Å²) in [4.78, 5) is 20.1. The molecule has 1 unspecified atom stereocenters. The molecule has 7 nitrogen and oxygen atoms in total. The van der Waals surface area contributed by atoms with Gasteiger partial charge in [-0.15, -0.1) is 0 Å². The summed E-state index contributed by atoms with van der Waals surface area (Å²) in [5, 5.41) is 3.08. The zero-order chi connectivity index (χ0) is 21.7. The Bertz CT molecular complexity index is 1180. The van der Waals surface area contributed by atoms with Crippen LogP contribution in [0.3, 0.4) is 0 Å². The molecule has 2 amide bonds. The highest BCUT2D eigenvalue weighted by Crippen LogP contribution is 2.47. The van der Waals surface area contributed by atoms with E-state index in [1.807, 2.05) is 41.3 Å². The summed E-state index contributed by atoms with van der Waals surface area (Å²) >= 11 is 0. The molecule has 1 spiro atoms. The number of nitrogens with one attached hydrogen (secondary N) is 1. The first-order chi connectivity index (χ1) is 15.7. The number of fused-ring (bicyclic) bond motifs is 2. The second kappa shape index (κ2) is 7.43. The Balaban J connectivity index is 1.23. The average molecular weight is 433 g/mol. The first-order valence-corrected chi connectivity index (χ1v) is 11.7. The van der Waals surface area contributed by atoms with Crippen LogP contribution >= 0.6 is 0 Å². The summed E-state index contributed by atoms with van der Waals surface area (Å²) in [5.74, 6) is 1.95. The van der Waals surface area contributed by atoms with Crippen molar-refractivity contribution in [1.82, 2.24) is 14.5 Å². The van der Waals surface area contributed by atoms with Crippen molar-refractivity contribution < 1.29 is 14.3 Å². The minimum absolute atomic E-state index is 0.0295. The van der Waals surface area contributed by atoms with E-state index in [2.05, 4.69) is 22.9 Å². The maximum absolute atomic E-state index is 13.3. The largest absolute Gasteiger partial charge is 0.448 e. The van der Waals surface area contributed by atoms with Crippen LogP contribution in [0.5, 0.6) is 11.5 Å². The third-order valence-electron chi connectivity index (χ3n) is 6.96. The molecule has 1 saturated carbocycles. The fourth-order valence-electron chi connectivity index (χ4n) is 5.44. The second-order valence-electron chi connectivity index (χ2n) is 8.97. The van der Waals surface area contributed by atoms with Gasteiger partial charge in [0.15, 0.2) is 11.5 Å². The lowest BCUT2D eigenvalue weighted by Crippen LogP contribution is -2.35. The lowest BCUT2D eigenvalue weighted by molar-refractivity contribution is -0.0716. The van der Waals surface area contributed by atoms with E-state index in [0.717, 1.165) is 85.7 Å². The predicted molar refractivity (Wildman–Crippen MR) is 122 cm³/mol. The zero-order valence-corrected chi connectivity index (χ0v) is 18.3. The number of aromatic nitrogens is 2. The maximum atomic E-state index is 13.3. The fraction of sp³-hybridized carbons (Fsp3) is 0.440. The van der Waals surface area contributed by atoms with Gasteiger partial charge >= 0.3 is 6.03 Å². The molecule has 3 aliphatic rings. The van der Waals surface area contributed by atoms with E-state index in [4.69, 9.17) is 14.5 Å². The number of para-hydroxylation sites is 2. The van der Waals surface area contributed by atoms with Gasteiger partial charge in [0.2, 0.25) is 0 Å². The minimum Gasteiger partial charge on any atom is -0.448 e. The lowest BCUT2D eigenvalue weighted by Gasteiger charge is -2.25. The van der Waals surface area contributed by atoms with Crippen LogP contribution in [0.1, 0.15) is 57.3 Å². The lowest BCUT2D eigenvalue weighted by atomic mass is 10.2. The smallest absolute Gasteiger partial charge is 0.322 e. The van der Waals surface area contributed by atoms with E-state index in [1.54, 1.807) is 0 Å². The number of likely N-dealkylation sites (tertiary alicyclic amines) is 1. The van der Waals surface area contributed by atoms with E-state index >= 15 is 0 Å². The number of anilines is 1. The van der Waals surface area contributed by atoms with Gasteiger partial charge in [0.25, 0.3) is 5.79 Å². The number of aryl methyl sites for hydroxylation is 1. The topological polar surface area (TPSA) is 68.6 Å². The highest BCUT2D eigenvalue weighted by molar-refractivity contribution is 5.90. The van der Waals surface area contributed by atoms with Gasteiger partial charge in [0, 0.05) is 37.7 Å². The van der Waals surface area contributed by atoms with Crippen molar-refractivity contribution in [2.24, 2.45) is 0 Å². The third kappa shape index (κ3) is 3.10. The molecule has 7 heteroatoms. The number of urea groups is 1. The van der Waals surface area contributed by atoms with Gasteiger partial charge in [0.1, 0.15) is 5.82 Å². The van der Waals surface area contributed by atoms with Crippen molar-refractivity contribution in [3.05, 3.63) is 48.3 Å². The molecule has 0 radical (unpaired) electrons. The summed E-state index contributed by atoms with van der Waals surface area (Å²) in [6.07, 6.45) is 5.95. The van der Waals surface area contributed by atoms with Crippen LogP contribution in [0, 0.1) is 0 Å². The number of hydrogen-bond donors (Lipinski definition) is 1. The van der Waals surface area contributed by atoms with Crippen molar-refractivity contribution in [3.63, 3.8) is 0 Å². The maximum Gasteiger partial charge on any atom is 0.322 e. The summed E-state index contributed by atoms with van der Waals surface area (Å²) in [6, 6.07) is 13.7. The quantitative estimate of drug-likeness (QED) is 0.596. The number of benzene rings is 2. The average Bonchev–Trinajstić information content (AvgIpc) is 3.58. The molecule has 166 valence electrons. The Labute approximate surface area is 187 Å². The standard InChI is InChI=1S/C25H28N4O3/c1-2-28-19-9-4-3-8-18(19)27-23(28)20-10-7-15-29(20)24(30)26-17-11-12-21-22(16-17)32-25(31-21)13-5-6-14-25/h3-4,8-9,11-12,16,20H,2,5-7,10,13-15H2,1H3,(H,26,30). The highest BCUT2D eigenvalue weighted by atomic mass is 16.7. The van der Waals surface area contributed by atoms with E-state index < -0.39 is 5.79 Å². The molecule has 1 aliphatic carbocycles. The van der Waals surface area contributed by atoms with Gasteiger partial charge < -0.3 is 24.3 Å². The Morgan fingerprint density at radius 1 is 1.12 bits per heavy atom. The number of rotatable bonds is 3. The molecular formula is C25H28N4O3. The van der Waals surface area contributed by atoms with Gasteiger partial charge in [-0.3, -0.25) is 0 Å². The first-order valence-electron chi connectivity index (χ1n) is 11.7. The summed E-state index contributed by atoms with van der Waals surface area (Å²) in [6.45, 7) is 3.67. The molecule has 32 heavy (non-hydrogen) atoms. The predicted octanol–water partition coefficient (Wildman–Crippen LogP) is 5.47. The molecule has 3 heterocycles. The van der Waals surface area contributed by atoms with Crippen molar-refractivity contribution >= 4 is 22.8 Å². The number of ether oxygens (including phenoxy) is 2. The van der Waals surface area contributed by atoms with Gasteiger partial charge in [-0.1, -0.05) is 12.1 Å². The molecular weight excluding hydrogens is 404 g/mol. The third-order valence-corrected chi connectivity index (χ3v) is 6.96. The summed E-state index contributed by atoms with van der Waals surface area (Å²) in [7, 11) is 0. The molecule has 1 atom stereocenters. The van der Waals surface area contributed by atoms with Crippen LogP contribution in [-0.4, -0.2) is 32.8 Å². The van der Waals surface area contributed by atoms with Crippen LogP contribution in [0.15, 0.2) is 42.5 Å². The van der Waals surface area contributed by atoms with E-state index in [1.165, 1.54) is 0 Å². The Kier molecular flexibility index (Phi) is 4.52. The number of amides is 2. The van der Waals surface area contributed by atoms with Crippen molar-refractivity contribution in [2.75, 3.05) is 11.9 Å². The molecule has 2 fully saturated rings. The Morgan fingerprint density at radius 2 is 1.94 bits per heavy atom. The first kappa shape index (κ1) is 19.5. The van der Waals surface area contributed by atoms with Crippen molar-refractivity contribution in [1.29, 1.82) is 0 Å². The number of nitrogens with zero attached hydrogens (tertiary/aromatic N) is 3.